The molecule has 0 saturated carbocycles. The molecule has 0 aliphatic carbocycles. The van der Waals surface area contributed by atoms with Crippen LogP contribution in [-0.4, -0.2) is 36.4 Å². The molecule has 1 saturated heterocycles. The molecule has 1 fully saturated rings. The fourth-order valence-corrected chi connectivity index (χ4v) is 3.93. The van der Waals surface area contributed by atoms with Crippen LogP contribution in [0, 0.1) is 5.41 Å². The van der Waals surface area contributed by atoms with Crippen LogP contribution in [0.25, 0.3) is 0 Å². The number of primary amides is 1. The van der Waals surface area contributed by atoms with Crippen molar-refractivity contribution in [2.75, 3.05) is 19.7 Å². The van der Waals surface area contributed by atoms with Gasteiger partial charge in [0.1, 0.15) is 5.75 Å². The van der Waals surface area contributed by atoms with Crippen molar-refractivity contribution in [1.82, 2.24) is 4.90 Å². The monoisotopic (exact) mass is 420 g/mol. The van der Waals surface area contributed by atoms with Crippen LogP contribution in [-0.2, 0) is 4.79 Å². The zero-order chi connectivity index (χ0) is 20.1. The van der Waals surface area contributed by atoms with Crippen molar-refractivity contribution < 1.29 is 14.3 Å². The third-order valence-electron chi connectivity index (χ3n) is 4.95. The van der Waals surface area contributed by atoms with E-state index in [0.717, 1.165) is 18.6 Å². The van der Waals surface area contributed by atoms with Crippen molar-refractivity contribution in [3.8, 4) is 5.75 Å². The molecule has 2 N–H and O–H groups in total. The van der Waals surface area contributed by atoms with E-state index in [4.69, 9.17) is 33.7 Å². The molecule has 0 spiro atoms. The Bertz CT molecular complexity index is 860. The standard InChI is InChI=1S/C21H22Cl2N2O3/c22-17-8-7-15(11-18(17)23)20(27)25-10-4-9-21(13-25,12-19(24)26)14-28-16-5-2-1-3-6-16/h1-3,5-8,11H,4,9-10,12-14H2,(H2,24,26)/t21-/m1/s1. The van der Waals surface area contributed by atoms with Crippen LogP contribution < -0.4 is 10.5 Å². The molecule has 1 atom stereocenters. The molecule has 0 unspecified atom stereocenters. The molecule has 0 radical (unpaired) electrons. The van der Waals surface area contributed by atoms with Gasteiger partial charge >= 0.3 is 0 Å². The Balaban J connectivity index is 1.77. The van der Waals surface area contributed by atoms with Crippen LogP contribution in [0.15, 0.2) is 48.5 Å². The van der Waals surface area contributed by atoms with Crippen LogP contribution in [0.5, 0.6) is 5.75 Å². The highest BCUT2D eigenvalue weighted by atomic mass is 35.5. The summed E-state index contributed by atoms with van der Waals surface area (Å²) in [4.78, 5) is 26.5. The van der Waals surface area contributed by atoms with Crippen molar-refractivity contribution in [2.45, 2.75) is 19.3 Å². The first-order chi connectivity index (χ1) is 13.4. The smallest absolute Gasteiger partial charge is 0.253 e. The summed E-state index contributed by atoms with van der Waals surface area (Å²) in [5.74, 6) is 0.173. The van der Waals surface area contributed by atoms with Crippen LogP contribution in [0.3, 0.4) is 0 Å². The second-order valence-electron chi connectivity index (χ2n) is 7.20. The second-order valence-corrected chi connectivity index (χ2v) is 8.02. The zero-order valence-electron chi connectivity index (χ0n) is 15.4. The number of nitrogens with two attached hydrogens (primary N) is 1. The summed E-state index contributed by atoms with van der Waals surface area (Å²) >= 11 is 12.0. The Morgan fingerprint density at radius 1 is 1.11 bits per heavy atom. The largest absolute Gasteiger partial charge is 0.493 e. The first kappa shape index (κ1) is 20.5. The Labute approximate surface area is 174 Å². The fraction of sp³-hybridized carbons (Fsp3) is 0.333. The van der Waals surface area contributed by atoms with Gasteiger partial charge in [0.05, 0.1) is 16.7 Å². The van der Waals surface area contributed by atoms with E-state index in [0.29, 0.717) is 35.3 Å². The number of likely N-dealkylation sites (tertiary alicyclic amines) is 1. The van der Waals surface area contributed by atoms with Gasteiger partial charge < -0.3 is 15.4 Å². The van der Waals surface area contributed by atoms with E-state index in [2.05, 4.69) is 0 Å². The van der Waals surface area contributed by atoms with Crippen molar-refractivity contribution in [3.05, 3.63) is 64.1 Å². The van der Waals surface area contributed by atoms with Crippen LogP contribution in [0.1, 0.15) is 29.6 Å². The lowest BCUT2D eigenvalue weighted by Crippen LogP contribution is -2.50. The second kappa shape index (κ2) is 8.84. The predicted molar refractivity (Wildman–Crippen MR) is 110 cm³/mol. The molecule has 148 valence electrons. The molecular formula is C21H22Cl2N2O3. The Hall–Kier alpha value is -2.24. The minimum absolute atomic E-state index is 0.146. The van der Waals surface area contributed by atoms with Gasteiger partial charge in [-0.3, -0.25) is 9.59 Å². The number of nitrogens with zero attached hydrogens (tertiary/aromatic N) is 1. The maximum absolute atomic E-state index is 13.0. The van der Waals surface area contributed by atoms with Gasteiger partial charge in [-0.15, -0.1) is 0 Å². The van der Waals surface area contributed by atoms with Gasteiger partial charge in [-0.1, -0.05) is 41.4 Å². The highest BCUT2D eigenvalue weighted by molar-refractivity contribution is 6.42. The summed E-state index contributed by atoms with van der Waals surface area (Å²) < 4.78 is 5.93. The summed E-state index contributed by atoms with van der Waals surface area (Å²) in [7, 11) is 0. The number of amides is 2. The van der Waals surface area contributed by atoms with Gasteiger partial charge in [0.2, 0.25) is 5.91 Å². The number of para-hydroxylation sites is 1. The average molecular weight is 421 g/mol. The topological polar surface area (TPSA) is 72.6 Å². The SMILES string of the molecule is NC(=O)C[C@]1(COc2ccccc2)CCCN(C(=O)c2ccc(Cl)c(Cl)c2)C1. The molecule has 2 amide bonds. The van der Waals surface area contributed by atoms with Crippen molar-refractivity contribution >= 4 is 35.0 Å². The number of carbonyl (C=O) groups excluding carboxylic acids is 2. The molecule has 3 rings (SSSR count). The van der Waals surface area contributed by atoms with E-state index in [9.17, 15) is 9.59 Å². The summed E-state index contributed by atoms with van der Waals surface area (Å²) in [6.07, 6.45) is 1.68. The van der Waals surface area contributed by atoms with Crippen molar-refractivity contribution in [2.24, 2.45) is 11.1 Å². The van der Waals surface area contributed by atoms with E-state index < -0.39 is 11.3 Å². The molecule has 1 aliphatic rings. The minimum Gasteiger partial charge on any atom is -0.493 e. The number of hydrogen-bond donors (Lipinski definition) is 1. The maximum atomic E-state index is 13.0. The highest BCUT2D eigenvalue weighted by Gasteiger charge is 2.39. The summed E-state index contributed by atoms with van der Waals surface area (Å²) in [5.41, 5.74) is 5.46. The molecule has 5 nitrogen and oxygen atoms in total. The number of ether oxygens (including phenoxy) is 1. The summed E-state index contributed by atoms with van der Waals surface area (Å²) in [5, 5.41) is 0.733. The van der Waals surface area contributed by atoms with Gasteiger partial charge in [-0.2, -0.15) is 0 Å². The quantitative estimate of drug-likeness (QED) is 0.761. The highest BCUT2D eigenvalue weighted by Crippen LogP contribution is 2.35. The van der Waals surface area contributed by atoms with E-state index >= 15 is 0 Å². The van der Waals surface area contributed by atoms with E-state index in [1.54, 1.807) is 23.1 Å². The molecule has 2 aromatic rings. The van der Waals surface area contributed by atoms with Gasteiger partial charge in [-0.05, 0) is 43.2 Å². The number of hydrogen-bond acceptors (Lipinski definition) is 3. The zero-order valence-corrected chi connectivity index (χ0v) is 16.9. The Morgan fingerprint density at radius 3 is 2.54 bits per heavy atom. The Kier molecular flexibility index (Phi) is 6.47. The minimum atomic E-state index is -0.522. The predicted octanol–water partition coefficient (Wildman–Crippen LogP) is 4.17. The lowest BCUT2D eigenvalue weighted by Gasteiger charge is -2.42. The van der Waals surface area contributed by atoms with Gasteiger partial charge in [0.25, 0.3) is 5.91 Å². The number of rotatable bonds is 6. The normalized spacial score (nSPS) is 19.3. The van der Waals surface area contributed by atoms with E-state index in [-0.39, 0.29) is 12.3 Å². The lowest BCUT2D eigenvalue weighted by atomic mass is 9.77. The van der Waals surface area contributed by atoms with Gasteiger partial charge in [-0.25, -0.2) is 0 Å². The van der Waals surface area contributed by atoms with Gasteiger partial charge in [0.15, 0.2) is 0 Å². The third-order valence-corrected chi connectivity index (χ3v) is 5.69. The summed E-state index contributed by atoms with van der Waals surface area (Å²) in [6.45, 7) is 1.30. The molecule has 0 bridgehead atoms. The molecular weight excluding hydrogens is 399 g/mol. The van der Waals surface area contributed by atoms with Crippen LogP contribution >= 0.6 is 23.2 Å². The fourth-order valence-electron chi connectivity index (χ4n) is 3.63. The molecule has 1 heterocycles. The third kappa shape index (κ3) is 4.97. The first-order valence-electron chi connectivity index (χ1n) is 9.09. The van der Waals surface area contributed by atoms with Gasteiger partial charge in [0, 0.05) is 30.5 Å². The number of halogens is 2. The average Bonchev–Trinajstić information content (AvgIpc) is 2.68. The summed E-state index contributed by atoms with van der Waals surface area (Å²) in [6, 6.07) is 14.2. The van der Waals surface area contributed by atoms with Crippen molar-refractivity contribution in [3.63, 3.8) is 0 Å². The molecule has 2 aromatic carbocycles. The molecule has 7 heteroatoms. The van der Waals surface area contributed by atoms with Crippen LogP contribution in [0.4, 0.5) is 0 Å². The van der Waals surface area contributed by atoms with E-state index in [1.165, 1.54) is 0 Å². The number of carbonyl (C=O) groups is 2. The lowest BCUT2D eigenvalue weighted by molar-refractivity contribution is -0.122. The first-order valence-corrected chi connectivity index (χ1v) is 9.85. The number of benzene rings is 2. The van der Waals surface area contributed by atoms with Crippen molar-refractivity contribution in [1.29, 1.82) is 0 Å². The molecule has 1 aliphatic heterocycles. The number of piperidine rings is 1. The molecule has 28 heavy (non-hydrogen) atoms. The van der Waals surface area contributed by atoms with Crippen LogP contribution in [0.2, 0.25) is 10.0 Å². The van der Waals surface area contributed by atoms with E-state index in [1.807, 2.05) is 30.3 Å². The Morgan fingerprint density at radius 2 is 1.86 bits per heavy atom. The maximum Gasteiger partial charge on any atom is 0.253 e. The molecule has 0 aromatic heterocycles.